The molecule has 6 nitrogen and oxygen atoms in total. The molecule has 3 amide bonds. The molecule has 26 heavy (non-hydrogen) atoms. The molecule has 0 bridgehead atoms. The Morgan fingerprint density at radius 2 is 1.85 bits per heavy atom. The van der Waals surface area contributed by atoms with Gasteiger partial charge in [0.15, 0.2) is 0 Å². The van der Waals surface area contributed by atoms with Gasteiger partial charge in [0.1, 0.15) is 0 Å². The Balaban J connectivity index is 1.63. The van der Waals surface area contributed by atoms with E-state index in [0.717, 1.165) is 11.3 Å². The van der Waals surface area contributed by atoms with Crippen LogP contribution in [-0.2, 0) is 0 Å². The smallest absolute Gasteiger partial charge is 0.321 e. The normalized spacial score (nSPS) is 15.0. The zero-order valence-electron chi connectivity index (χ0n) is 15.1. The van der Waals surface area contributed by atoms with Crippen LogP contribution < -0.4 is 15.5 Å². The van der Waals surface area contributed by atoms with E-state index in [1.54, 1.807) is 29.2 Å². The molecule has 1 aliphatic rings. The summed E-state index contributed by atoms with van der Waals surface area (Å²) in [6.45, 7) is 1.81. The number of likely N-dealkylation sites (N-methyl/N-ethyl adjacent to an activating group) is 1. The molecule has 1 atom stereocenters. The van der Waals surface area contributed by atoms with Gasteiger partial charge in [-0.2, -0.15) is 0 Å². The summed E-state index contributed by atoms with van der Waals surface area (Å²) in [5.41, 5.74) is 2.54. The fourth-order valence-electron chi connectivity index (χ4n) is 3.08. The number of hydrogen-bond acceptors (Lipinski definition) is 3. The predicted molar refractivity (Wildman–Crippen MR) is 102 cm³/mol. The molecule has 2 N–H and O–H groups in total. The van der Waals surface area contributed by atoms with E-state index in [1.807, 2.05) is 32.3 Å². The predicted octanol–water partition coefficient (Wildman–Crippen LogP) is 2.25. The van der Waals surface area contributed by atoms with Gasteiger partial charge in [-0.25, -0.2) is 4.79 Å². The highest BCUT2D eigenvalue weighted by Gasteiger charge is 2.21. The van der Waals surface area contributed by atoms with Gasteiger partial charge >= 0.3 is 6.03 Å². The summed E-state index contributed by atoms with van der Waals surface area (Å²) in [6.07, 6.45) is 0. The zero-order valence-corrected chi connectivity index (χ0v) is 15.1. The van der Waals surface area contributed by atoms with Crippen LogP contribution in [0.15, 0.2) is 54.6 Å². The van der Waals surface area contributed by atoms with E-state index in [2.05, 4.69) is 27.7 Å². The highest BCUT2D eigenvalue weighted by atomic mass is 16.2. The quantitative estimate of drug-likeness (QED) is 0.838. The van der Waals surface area contributed by atoms with Crippen LogP contribution in [-0.4, -0.2) is 50.6 Å². The molecule has 0 radical (unpaired) electrons. The molecule has 1 saturated heterocycles. The molecule has 2 aromatic rings. The number of urea groups is 1. The number of nitrogens with one attached hydrogen (secondary N) is 2. The molecule has 136 valence electrons. The van der Waals surface area contributed by atoms with Gasteiger partial charge in [-0.15, -0.1) is 0 Å². The third kappa shape index (κ3) is 4.03. The lowest BCUT2D eigenvalue weighted by Gasteiger charge is -2.25. The van der Waals surface area contributed by atoms with Gasteiger partial charge < -0.3 is 15.5 Å². The maximum Gasteiger partial charge on any atom is 0.321 e. The van der Waals surface area contributed by atoms with Crippen molar-refractivity contribution < 1.29 is 9.59 Å². The van der Waals surface area contributed by atoms with Gasteiger partial charge in [-0.1, -0.05) is 30.3 Å². The average Bonchev–Trinajstić information content (AvgIpc) is 3.08. The molecule has 0 saturated carbocycles. The van der Waals surface area contributed by atoms with Crippen LogP contribution in [0.3, 0.4) is 0 Å². The first-order valence-corrected chi connectivity index (χ1v) is 8.71. The third-order valence-electron chi connectivity index (χ3n) is 4.56. The number of rotatable bonds is 6. The average molecular weight is 352 g/mol. The standard InChI is InChI=1S/C20H24N4O2/c1-23(2)18(15-6-4-3-5-7-15)14-22-19(25)16-8-10-17(11-9-16)24-13-12-21-20(24)26/h3-11,18H,12-14H2,1-2H3,(H,21,26)(H,22,25). The lowest BCUT2D eigenvalue weighted by Crippen LogP contribution is -2.34. The van der Waals surface area contributed by atoms with Gasteiger partial charge in [0.05, 0.1) is 6.04 Å². The molecule has 2 aromatic carbocycles. The summed E-state index contributed by atoms with van der Waals surface area (Å²) in [5, 5.41) is 5.77. The van der Waals surface area contributed by atoms with Crippen molar-refractivity contribution in [1.29, 1.82) is 0 Å². The number of amides is 3. The Hall–Kier alpha value is -2.86. The van der Waals surface area contributed by atoms with Crippen LogP contribution in [0.1, 0.15) is 22.0 Å². The van der Waals surface area contributed by atoms with Crippen molar-refractivity contribution in [2.75, 3.05) is 38.6 Å². The summed E-state index contributed by atoms with van der Waals surface area (Å²) in [4.78, 5) is 27.9. The number of benzene rings is 2. The molecule has 1 aliphatic heterocycles. The largest absolute Gasteiger partial charge is 0.350 e. The Morgan fingerprint density at radius 1 is 1.15 bits per heavy atom. The van der Waals surface area contributed by atoms with Crippen molar-refractivity contribution in [1.82, 2.24) is 15.5 Å². The SMILES string of the molecule is CN(C)C(CNC(=O)c1ccc(N2CCNC2=O)cc1)c1ccccc1. The first kappa shape index (κ1) is 17.9. The van der Waals surface area contributed by atoms with E-state index < -0.39 is 0 Å². The number of hydrogen-bond donors (Lipinski definition) is 2. The topological polar surface area (TPSA) is 64.7 Å². The molecule has 1 fully saturated rings. The van der Waals surface area contributed by atoms with E-state index in [4.69, 9.17) is 0 Å². The van der Waals surface area contributed by atoms with E-state index in [-0.39, 0.29) is 18.0 Å². The van der Waals surface area contributed by atoms with Crippen molar-refractivity contribution in [3.05, 3.63) is 65.7 Å². The molecular weight excluding hydrogens is 328 g/mol. The molecule has 3 rings (SSSR count). The van der Waals surface area contributed by atoms with Crippen LogP contribution >= 0.6 is 0 Å². The lowest BCUT2D eigenvalue weighted by molar-refractivity contribution is 0.0942. The minimum atomic E-state index is -0.120. The molecule has 1 unspecified atom stereocenters. The maximum absolute atomic E-state index is 12.5. The van der Waals surface area contributed by atoms with Gasteiger partial charge in [0.2, 0.25) is 0 Å². The molecule has 0 spiro atoms. The minimum Gasteiger partial charge on any atom is -0.350 e. The van der Waals surface area contributed by atoms with Crippen LogP contribution in [0, 0.1) is 0 Å². The van der Waals surface area contributed by atoms with Crippen molar-refractivity contribution >= 4 is 17.6 Å². The molecule has 1 heterocycles. The van der Waals surface area contributed by atoms with Gasteiger partial charge in [0.25, 0.3) is 5.91 Å². The Labute approximate surface area is 153 Å². The number of carbonyl (C=O) groups excluding carboxylic acids is 2. The zero-order chi connectivity index (χ0) is 18.5. The second kappa shape index (κ2) is 8.01. The summed E-state index contributed by atoms with van der Waals surface area (Å²) >= 11 is 0. The third-order valence-corrected chi connectivity index (χ3v) is 4.56. The lowest BCUT2D eigenvalue weighted by atomic mass is 10.1. The molecule has 0 aliphatic carbocycles. The van der Waals surface area contributed by atoms with Gasteiger partial charge in [-0.3, -0.25) is 9.69 Å². The van der Waals surface area contributed by atoms with Gasteiger partial charge in [-0.05, 0) is 43.9 Å². The Kier molecular flexibility index (Phi) is 5.53. The van der Waals surface area contributed by atoms with Crippen LogP contribution in [0.25, 0.3) is 0 Å². The van der Waals surface area contributed by atoms with Crippen molar-refractivity contribution in [3.63, 3.8) is 0 Å². The van der Waals surface area contributed by atoms with Crippen molar-refractivity contribution in [2.24, 2.45) is 0 Å². The summed E-state index contributed by atoms with van der Waals surface area (Å²) in [7, 11) is 4.00. The first-order valence-electron chi connectivity index (χ1n) is 8.71. The number of carbonyl (C=O) groups is 2. The minimum absolute atomic E-state index is 0.0983. The van der Waals surface area contributed by atoms with Gasteiger partial charge in [0, 0.05) is 30.9 Å². The molecule has 0 aromatic heterocycles. The monoisotopic (exact) mass is 352 g/mol. The highest BCUT2D eigenvalue weighted by Crippen LogP contribution is 2.19. The van der Waals surface area contributed by atoms with Crippen molar-refractivity contribution in [2.45, 2.75) is 6.04 Å². The second-order valence-electron chi connectivity index (χ2n) is 6.53. The van der Waals surface area contributed by atoms with Crippen LogP contribution in [0.2, 0.25) is 0 Å². The first-order chi connectivity index (χ1) is 12.6. The second-order valence-corrected chi connectivity index (χ2v) is 6.53. The van der Waals surface area contributed by atoms with Crippen molar-refractivity contribution in [3.8, 4) is 0 Å². The summed E-state index contributed by atoms with van der Waals surface area (Å²) in [6, 6.07) is 17.2. The van der Waals surface area contributed by atoms with E-state index >= 15 is 0 Å². The van der Waals surface area contributed by atoms with Crippen LogP contribution in [0.4, 0.5) is 10.5 Å². The Bertz CT molecular complexity index is 759. The number of anilines is 1. The summed E-state index contributed by atoms with van der Waals surface area (Å²) < 4.78 is 0. The molecule has 6 heteroatoms. The van der Waals surface area contributed by atoms with E-state index in [0.29, 0.717) is 25.2 Å². The maximum atomic E-state index is 12.5. The molecular formula is C20H24N4O2. The van der Waals surface area contributed by atoms with E-state index in [1.165, 1.54) is 0 Å². The van der Waals surface area contributed by atoms with E-state index in [9.17, 15) is 9.59 Å². The fraction of sp³-hybridized carbons (Fsp3) is 0.300. The number of nitrogens with zero attached hydrogens (tertiary/aromatic N) is 2. The highest BCUT2D eigenvalue weighted by molar-refractivity contribution is 5.97. The fourth-order valence-corrected chi connectivity index (χ4v) is 3.08. The van der Waals surface area contributed by atoms with Crippen LogP contribution in [0.5, 0.6) is 0 Å². The summed E-state index contributed by atoms with van der Waals surface area (Å²) in [5.74, 6) is -0.120. The Morgan fingerprint density at radius 3 is 2.42 bits per heavy atom.